The number of nitrogens with zero attached hydrogens (tertiary/aromatic N) is 2. The van der Waals surface area contributed by atoms with Crippen molar-refractivity contribution in [3.63, 3.8) is 0 Å². The van der Waals surface area contributed by atoms with E-state index in [-0.39, 0.29) is 17.2 Å². The van der Waals surface area contributed by atoms with Crippen LogP contribution in [0.15, 0.2) is 47.3 Å². The van der Waals surface area contributed by atoms with Gasteiger partial charge in [-0.15, -0.1) is 0 Å². The SMILES string of the molecule is Cc1ccc(C)c(NC(=O)[C@@H](C)OC(=O)c2nn(CC(C)C)c(=O)c3ccccc23)c1. The normalized spacial score (nSPS) is 12.1. The largest absolute Gasteiger partial charge is 0.448 e. The zero-order chi connectivity index (χ0) is 22.7. The standard InChI is InChI=1S/C24H27N3O4/c1-14(2)13-27-23(29)19-9-7-6-8-18(19)21(26-27)24(30)31-17(5)22(28)25-20-12-15(3)10-11-16(20)4/h6-12,14,17H,13H2,1-5H3,(H,25,28)/t17-/m1/s1. The fourth-order valence-corrected chi connectivity index (χ4v) is 3.23. The van der Waals surface area contributed by atoms with Gasteiger partial charge >= 0.3 is 5.97 Å². The van der Waals surface area contributed by atoms with Crippen molar-refractivity contribution in [1.29, 1.82) is 0 Å². The quantitative estimate of drug-likeness (QED) is 0.611. The Labute approximate surface area is 181 Å². The molecule has 0 aliphatic rings. The van der Waals surface area contributed by atoms with Crippen LogP contribution >= 0.6 is 0 Å². The summed E-state index contributed by atoms with van der Waals surface area (Å²) >= 11 is 0. The minimum atomic E-state index is -1.04. The lowest BCUT2D eigenvalue weighted by Crippen LogP contribution is -2.32. The van der Waals surface area contributed by atoms with Crippen LogP contribution in [0.2, 0.25) is 0 Å². The van der Waals surface area contributed by atoms with Gasteiger partial charge in [0.05, 0.1) is 5.39 Å². The molecule has 3 rings (SSSR count). The first-order valence-electron chi connectivity index (χ1n) is 10.3. The number of ether oxygens (including phenoxy) is 1. The average Bonchev–Trinajstić information content (AvgIpc) is 2.72. The molecule has 0 aliphatic carbocycles. The number of aryl methyl sites for hydroxylation is 2. The molecule has 7 heteroatoms. The van der Waals surface area contributed by atoms with E-state index in [1.54, 1.807) is 24.3 Å². The van der Waals surface area contributed by atoms with Crippen molar-refractivity contribution in [3.05, 3.63) is 69.6 Å². The molecule has 0 spiro atoms. The predicted molar refractivity (Wildman–Crippen MR) is 120 cm³/mol. The highest BCUT2D eigenvalue weighted by Gasteiger charge is 2.24. The van der Waals surface area contributed by atoms with Crippen LogP contribution in [0.3, 0.4) is 0 Å². The maximum Gasteiger partial charge on any atom is 0.360 e. The number of aromatic nitrogens is 2. The van der Waals surface area contributed by atoms with Crippen LogP contribution in [0.5, 0.6) is 0 Å². The third-order valence-electron chi connectivity index (χ3n) is 4.90. The van der Waals surface area contributed by atoms with Gasteiger partial charge in [-0.25, -0.2) is 9.48 Å². The van der Waals surface area contributed by atoms with Crippen LogP contribution < -0.4 is 10.9 Å². The molecule has 0 bridgehead atoms. The molecule has 1 N–H and O–H groups in total. The number of benzene rings is 2. The van der Waals surface area contributed by atoms with E-state index in [0.717, 1.165) is 11.1 Å². The van der Waals surface area contributed by atoms with Gasteiger partial charge in [0.1, 0.15) is 0 Å². The van der Waals surface area contributed by atoms with Gasteiger partial charge in [-0.3, -0.25) is 9.59 Å². The molecule has 1 atom stereocenters. The Bertz CT molecular complexity index is 1200. The van der Waals surface area contributed by atoms with Crippen LogP contribution in [0.4, 0.5) is 5.69 Å². The van der Waals surface area contributed by atoms with Crippen LogP contribution in [0, 0.1) is 19.8 Å². The van der Waals surface area contributed by atoms with Crippen LogP contribution in [0.25, 0.3) is 10.8 Å². The van der Waals surface area contributed by atoms with Gasteiger partial charge < -0.3 is 10.1 Å². The van der Waals surface area contributed by atoms with Crippen molar-refractivity contribution < 1.29 is 14.3 Å². The number of carbonyl (C=O) groups is 2. The predicted octanol–water partition coefficient (Wildman–Crippen LogP) is 3.85. The molecule has 3 aromatic rings. The molecule has 0 radical (unpaired) electrons. The number of hydrogen-bond acceptors (Lipinski definition) is 5. The van der Waals surface area contributed by atoms with Crippen molar-refractivity contribution in [2.45, 2.75) is 47.3 Å². The third-order valence-corrected chi connectivity index (χ3v) is 4.90. The number of hydrogen-bond donors (Lipinski definition) is 1. The van der Waals surface area contributed by atoms with Crippen LogP contribution in [-0.2, 0) is 16.1 Å². The first-order valence-corrected chi connectivity index (χ1v) is 10.3. The summed E-state index contributed by atoms with van der Waals surface area (Å²) in [5, 5.41) is 7.85. The lowest BCUT2D eigenvalue weighted by molar-refractivity contribution is -0.123. The minimum Gasteiger partial charge on any atom is -0.448 e. The molecule has 0 saturated heterocycles. The molecule has 0 fully saturated rings. The number of anilines is 1. The number of esters is 1. The first-order chi connectivity index (χ1) is 14.7. The minimum absolute atomic E-state index is 0.0160. The van der Waals surface area contributed by atoms with E-state index >= 15 is 0 Å². The Balaban J connectivity index is 1.87. The van der Waals surface area contributed by atoms with Gasteiger partial charge in [0.2, 0.25) is 0 Å². The Kier molecular flexibility index (Phi) is 6.53. The van der Waals surface area contributed by atoms with Crippen molar-refractivity contribution in [2.24, 2.45) is 5.92 Å². The Morgan fingerprint density at radius 1 is 1.06 bits per heavy atom. The average molecular weight is 421 g/mol. The lowest BCUT2D eigenvalue weighted by Gasteiger charge is -2.16. The van der Waals surface area contributed by atoms with Gasteiger partial charge in [0, 0.05) is 17.6 Å². The van der Waals surface area contributed by atoms with Crippen LogP contribution in [0.1, 0.15) is 42.4 Å². The topological polar surface area (TPSA) is 90.3 Å². The van der Waals surface area contributed by atoms with Gasteiger partial charge in [-0.1, -0.05) is 44.2 Å². The summed E-state index contributed by atoms with van der Waals surface area (Å²) in [5.41, 5.74) is 2.34. The van der Waals surface area contributed by atoms with Crippen molar-refractivity contribution >= 4 is 28.3 Å². The summed E-state index contributed by atoms with van der Waals surface area (Å²) in [6, 6.07) is 12.5. The highest BCUT2D eigenvalue weighted by atomic mass is 16.5. The van der Waals surface area contributed by atoms with E-state index in [1.165, 1.54) is 11.6 Å². The highest BCUT2D eigenvalue weighted by Crippen LogP contribution is 2.18. The summed E-state index contributed by atoms with van der Waals surface area (Å²) in [7, 11) is 0. The molecular weight excluding hydrogens is 394 g/mol. The number of nitrogens with one attached hydrogen (secondary N) is 1. The van der Waals surface area contributed by atoms with Gasteiger partial charge in [0.15, 0.2) is 11.8 Å². The van der Waals surface area contributed by atoms with Gasteiger partial charge in [-0.2, -0.15) is 5.10 Å². The van der Waals surface area contributed by atoms with E-state index in [2.05, 4.69) is 10.4 Å². The maximum atomic E-state index is 12.9. The number of carbonyl (C=O) groups excluding carboxylic acids is 2. The molecule has 0 saturated carbocycles. The number of fused-ring (bicyclic) bond motifs is 1. The van der Waals surface area contributed by atoms with E-state index in [4.69, 9.17) is 4.74 Å². The zero-order valence-electron chi connectivity index (χ0n) is 18.4. The summed E-state index contributed by atoms with van der Waals surface area (Å²) in [6.45, 7) is 9.61. The highest BCUT2D eigenvalue weighted by molar-refractivity contribution is 6.03. The molecule has 7 nitrogen and oxygen atoms in total. The fraction of sp³-hybridized carbons (Fsp3) is 0.333. The van der Waals surface area contributed by atoms with Crippen molar-refractivity contribution in [2.75, 3.05) is 5.32 Å². The molecule has 1 amide bonds. The molecule has 0 aliphatic heterocycles. The Morgan fingerprint density at radius 2 is 1.74 bits per heavy atom. The zero-order valence-corrected chi connectivity index (χ0v) is 18.4. The molecule has 1 aromatic heterocycles. The maximum absolute atomic E-state index is 12.9. The van der Waals surface area contributed by atoms with E-state index in [1.807, 2.05) is 45.9 Å². The number of rotatable bonds is 6. The molecular formula is C24H27N3O4. The van der Waals surface area contributed by atoms with E-state index in [9.17, 15) is 14.4 Å². The number of amides is 1. The monoisotopic (exact) mass is 421 g/mol. The summed E-state index contributed by atoms with van der Waals surface area (Å²) in [4.78, 5) is 38.2. The second kappa shape index (κ2) is 9.12. The summed E-state index contributed by atoms with van der Waals surface area (Å²) in [6.07, 6.45) is -1.04. The molecule has 162 valence electrons. The smallest absolute Gasteiger partial charge is 0.360 e. The summed E-state index contributed by atoms with van der Waals surface area (Å²) in [5.74, 6) is -1.03. The van der Waals surface area contributed by atoms with E-state index in [0.29, 0.717) is 23.0 Å². The molecule has 0 unspecified atom stereocenters. The molecule has 1 heterocycles. The van der Waals surface area contributed by atoms with E-state index < -0.39 is 18.0 Å². The second-order valence-electron chi connectivity index (χ2n) is 8.13. The fourth-order valence-electron chi connectivity index (χ4n) is 3.23. The lowest BCUT2D eigenvalue weighted by atomic mass is 10.1. The van der Waals surface area contributed by atoms with Crippen molar-refractivity contribution in [1.82, 2.24) is 9.78 Å². The molecule has 2 aromatic carbocycles. The van der Waals surface area contributed by atoms with Gasteiger partial charge in [-0.05, 0) is 49.9 Å². The van der Waals surface area contributed by atoms with Crippen LogP contribution in [-0.4, -0.2) is 27.8 Å². The summed E-state index contributed by atoms with van der Waals surface area (Å²) < 4.78 is 6.70. The second-order valence-corrected chi connectivity index (χ2v) is 8.13. The van der Waals surface area contributed by atoms with Crippen molar-refractivity contribution in [3.8, 4) is 0 Å². The Hall–Kier alpha value is -3.48. The first kappa shape index (κ1) is 22.2. The van der Waals surface area contributed by atoms with Gasteiger partial charge in [0.25, 0.3) is 11.5 Å². The Morgan fingerprint density at radius 3 is 2.42 bits per heavy atom. The third kappa shape index (κ3) is 4.99. The molecule has 31 heavy (non-hydrogen) atoms.